The number of hydrogen-bond acceptors (Lipinski definition) is 3. The topological polar surface area (TPSA) is 59.4 Å². The quantitative estimate of drug-likeness (QED) is 0.940. The first-order valence-electron chi connectivity index (χ1n) is 5.20. The van der Waals surface area contributed by atoms with Crippen molar-refractivity contribution in [1.29, 1.82) is 0 Å². The second-order valence-corrected chi connectivity index (χ2v) is 4.49. The summed E-state index contributed by atoms with van der Waals surface area (Å²) >= 11 is 3.29. The summed E-state index contributed by atoms with van der Waals surface area (Å²) < 4.78 is 6.26. The number of carboxylic acid groups (broad SMARTS) is 1. The molecule has 1 heterocycles. The third kappa shape index (κ3) is 2.68. The molecule has 0 aliphatic rings. The Hall–Kier alpha value is -1.88. The third-order valence-electron chi connectivity index (χ3n) is 2.36. The minimum Gasteiger partial charge on any atom is -0.478 e. The van der Waals surface area contributed by atoms with E-state index in [1.807, 2.05) is 6.92 Å². The van der Waals surface area contributed by atoms with E-state index in [1.165, 1.54) is 12.1 Å². The molecule has 4 nitrogen and oxygen atoms in total. The molecule has 92 valence electrons. The highest BCUT2D eigenvalue weighted by Gasteiger charge is 2.09. The summed E-state index contributed by atoms with van der Waals surface area (Å²) in [6.45, 7) is 1.84. The summed E-state index contributed by atoms with van der Waals surface area (Å²) in [5.41, 5.74) is 0.976. The number of rotatable bonds is 3. The van der Waals surface area contributed by atoms with Crippen molar-refractivity contribution in [2.45, 2.75) is 6.92 Å². The van der Waals surface area contributed by atoms with Gasteiger partial charge < -0.3 is 9.84 Å². The van der Waals surface area contributed by atoms with Crippen LogP contribution in [0.4, 0.5) is 0 Å². The van der Waals surface area contributed by atoms with Gasteiger partial charge in [0.1, 0.15) is 11.5 Å². The van der Waals surface area contributed by atoms with Crippen LogP contribution < -0.4 is 4.74 Å². The molecule has 18 heavy (non-hydrogen) atoms. The highest BCUT2D eigenvalue weighted by atomic mass is 79.9. The molecule has 2 rings (SSSR count). The van der Waals surface area contributed by atoms with Crippen LogP contribution in [0.15, 0.2) is 41.0 Å². The van der Waals surface area contributed by atoms with Gasteiger partial charge in [-0.05, 0) is 53.2 Å². The van der Waals surface area contributed by atoms with Crippen LogP contribution in [0.3, 0.4) is 0 Å². The second-order valence-electron chi connectivity index (χ2n) is 3.64. The van der Waals surface area contributed by atoms with Crippen LogP contribution in [0.25, 0.3) is 0 Å². The van der Waals surface area contributed by atoms with Gasteiger partial charge in [0.05, 0.1) is 15.7 Å². The summed E-state index contributed by atoms with van der Waals surface area (Å²) in [5.74, 6) is 0.220. The molecule has 0 aliphatic carbocycles. The molecule has 0 spiro atoms. The van der Waals surface area contributed by atoms with Crippen LogP contribution in [0.2, 0.25) is 0 Å². The van der Waals surface area contributed by atoms with Crippen LogP contribution in [0, 0.1) is 6.92 Å². The zero-order valence-corrected chi connectivity index (χ0v) is 11.1. The standard InChI is InChI=1S/C13H10BrNO3/c1-8-11(3-2-6-15-8)18-12-5-4-9(13(16)17)7-10(12)14/h2-7H,1H3,(H,16,17). The Kier molecular flexibility index (Phi) is 3.62. The maximum Gasteiger partial charge on any atom is 0.335 e. The minimum absolute atomic E-state index is 0.206. The molecule has 1 aromatic carbocycles. The average Bonchev–Trinajstić information content (AvgIpc) is 2.34. The van der Waals surface area contributed by atoms with E-state index in [4.69, 9.17) is 9.84 Å². The number of ether oxygens (including phenoxy) is 1. The van der Waals surface area contributed by atoms with Gasteiger partial charge in [0, 0.05) is 6.20 Å². The highest BCUT2D eigenvalue weighted by molar-refractivity contribution is 9.10. The number of halogens is 1. The molecule has 5 heteroatoms. The van der Waals surface area contributed by atoms with Gasteiger partial charge in [0.25, 0.3) is 0 Å². The average molecular weight is 308 g/mol. The number of aromatic carboxylic acids is 1. The number of benzene rings is 1. The molecule has 0 saturated carbocycles. The van der Waals surface area contributed by atoms with Crippen LogP contribution in [-0.2, 0) is 0 Å². The Labute approximate surface area is 112 Å². The van der Waals surface area contributed by atoms with Gasteiger partial charge in [0.2, 0.25) is 0 Å². The number of pyridine rings is 1. The first-order valence-corrected chi connectivity index (χ1v) is 5.99. The van der Waals surface area contributed by atoms with E-state index in [0.29, 0.717) is 16.0 Å². The van der Waals surface area contributed by atoms with E-state index in [2.05, 4.69) is 20.9 Å². The zero-order chi connectivity index (χ0) is 13.1. The largest absolute Gasteiger partial charge is 0.478 e. The number of aromatic nitrogens is 1. The Morgan fingerprint density at radius 3 is 2.72 bits per heavy atom. The third-order valence-corrected chi connectivity index (χ3v) is 2.98. The van der Waals surface area contributed by atoms with Crippen molar-refractivity contribution in [2.24, 2.45) is 0 Å². The number of aryl methyl sites for hydroxylation is 1. The molecule has 0 radical (unpaired) electrons. The van der Waals surface area contributed by atoms with Crippen LogP contribution in [-0.4, -0.2) is 16.1 Å². The van der Waals surface area contributed by atoms with Gasteiger partial charge in [-0.2, -0.15) is 0 Å². The first-order chi connectivity index (χ1) is 8.58. The fraction of sp³-hybridized carbons (Fsp3) is 0.0769. The van der Waals surface area contributed by atoms with Gasteiger partial charge in [-0.3, -0.25) is 4.98 Å². The molecule has 1 aromatic heterocycles. The van der Waals surface area contributed by atoms with Crippen molar-refractivity contribution >= 4 is 21.9 Å². The predicted octanol–water partition coefficient (Wildman–Crippen LogP) is 3.64. The van der Waals surface area contributed by atoms with Gasteiger partial charge in [-0.1, -0.05) is 0 Å². The fourth-order valence-corrected chi connectivity index (χ4v) is 1.87. The highest BCUT2D eigenvalue weighted by Crippen LogP contribution is 2.31. The van der Waals surface area contributed by atoms with Crippen molar-refractivity contribution in [3.8, 4) is 11.5 Å². The normalized spacial score (nSPS) is 10.1. The molecule has 0 atom stereocenters. The van der Waals surface area contributed by atoms with E-state index in [1.54, 1.807) is 24.4 Å². The van der Waals surface area contributed by atoms with Crippen molar-refractivity contribution < 1.29 is 14.6 Å². The number of nitrogens with zero attached hydrogens (tertiary/aromatic N) is 1. The molecule has 1 N–H and O–H groups in total. The molecular formula is C13H10BrNO3. The van der Waals surface area contributed by atoms with Crippen molar-refractivity contribution in [3.05, 3.63) is 52.3 Å². The van der Waals surface area contributed by atoms with Gasteiger partial charge >= 0.3 is 5.97 Å². The van der Waals surface area contributed by atoms with E-state index in [-0.39, 0.29) is 5.56 Å². The van der Waals surface area contributed by atoms with Gasteiger partial charge in [-0.25, -0.2) is 4.79 Å². The van der Waals surface area contributed by atoms with Crippen molar-refractivity contribution in [3.63, 3.8) is 0 Å². The van der Waals surface area contributed by atoms with Crippen LogP contribution in [0.5, 0.6) is 11.5 Å². The van der Waals surface area contributed by atoms with Crippen LogP contribution in [0.1, 0.15) is 16.1 Å². The second kappa shape index (κ2) is 5.18. The number of carboxylic acids is 1. The molecule has 0 unspecified atom stereocenters. The molecule has 0 aliphatic heterocycles. The molecule has 2 aromatic rings. The molecule has 0 fully saturated rings. The molecule has 0 bridgehead atoms. The summed E-state index contributed by atoms with van der Waals surface area (Å²) in [5, 5.41) is 8.86. The van der Waals surface area contributed by atoms with E-state index < -0.39 is 5.97 Å². The predicted molar refractivity (Wildman–Crippen MR) is 70.1 cm³/mol. The summed E-state index contributed by atoms with van der Waals surface area (Å²) in [4.78, 5) is 14.9. The van der Waals surface area contributed by atoms with Gasteiger partial charge in [-0.15, -0.1) is 0 Å². The Balaban J connectivity index is 2.30. The Morgan fingerprint density at radius 1 is 1.33 bits per heavy atom. The monoisotopic (exact) mass is 307 g/mol. The van der Waals surface area contributed by atoms with E-state index >= 15 is 0 Å². The van der Waals surface area contributed by atoms with Crippen LogP contribution >= 0.6 is 15.9 Å². The minimum atomic E-state index is -0.972. The fourth-order valence-electron chi connectivity index (χ4n) is 1.41. The maximum atomic E-state index is 10.8. The SMILES string of the molecule is Cc1ncccc1Oc1ccc(C(=O)O)cc1Br. The van der Waals surface area contributed by atoms with E-state index in [0.717, 1.165) is 5.69 Å². The Bertz CT molecular complexity index is 599. The zero-order valence-electron chi connectivity index (χ0n) is 9.55. The first kappa shape index (κ1) is 12.6. The van der Waals surface area contributed by atoms with Crippen molar-refractivity contribution in [1.82, 2.24) is 4.98 Å². The van der Waals surface area contributed by atoms with Crippen molar-refractivity contribution in [2.75, 3.05) is 0 Å². The summed E-state index contributed by atoms with van der Waals surface area (Å²) in [6.07, 6.45) is 1.69. The molecular weight excluding hydrogens is 298 g/mol. The molecule has 0 saturated heterocycles. The molecule has 0 amide bonds. The summed E-state index contributed by atoms with van der Waals surface area (Å²) in [6, 6.07) is 8.19. The maximum absolute atomic E-state index is 10.8. The summed E-state index contributed by atoms with van der Waals surface area (Å²) in [7, 11) is 0. The number of hydrogen-bond donors (Lipinski definition) is 1. The smallest absolute Gasteiger partial charge is 0.335 e. The van der Waals surface area contributed by atoms with E-state index in [9.17, 15) is 4.79 Å². The number of carbonyl (C=O) groups is 1. The van der Waals surface area contributed by atoms with Gasteiger partial charge in [0.15, 0.2) is 0 Å². The lowest BCUT2D eigenvalue weighted by Crippen LogP contribution is -1.97. The lowest BCUT2D eigenvalue weighted by atomic mass is 10.2. The lowest BCUT2D eigenvalue weighted by molar-refractivity contribution is 0.0697. The lowest BCUT2D eigenvalue weighted by Gasteiger charge is -2.09. The Morgan fingerprint density at radius 2 is 2.11 bits per heavy atom.